The molecule has 0 bridgehead atoms. The maximum Gasteiger partial charge on any atom is 0.283 e. The van der Waals surface area contributed by atoms with Gasteiger partial charge in [-0.2, -0.15) is 15.1 Å². The number of nitrogens with zero attached hydrogens (tertiary/aromatic N) is 3. The minimum Gasteiger partial charge on any atom is -0.490 e. The molecule has 0 aromatic heterocycles. The number of benzene rings is 2. The summed E-state index contributed by atoms with van der Waals surface area (Å²) < 4.78 is 17.6. The largest absolute Gasteiger partial charge is 0.490 e. The second kappa shape index (κ2) is 12.1. The molecule has 0 atom stereocenters. The molecule has 9 heteroatoms. The first-order valence-electron chi connectivity index (χ1n) is 13.5. The van der Waals surface area contributed by atoms with Crippen LogP contribution in [-0.4, -0.2) is 46.8 Å². The Morgan fingerprint density at radius 3 is 2.56 bits per heavy atom. The average Bonchev–Trinajstić information content (AvgIpc) is 3.37. The van der Waals surface area contributed by atoms with Crippen LogP contribution in [0.3, 0.4) is 0 Å². The van der Waals surface area contributed by atoms with Crippen LogP contribution in [0.4, 0.5) is 0 Å². The standard InChI is InChI=1S/C30H34N4O4S/c1-4-36-26-18-21(11-13-25(26)38-15-14-37-23-12-10-19(2)20(3)16-23)17-24-27(31)34-30(32-28(24)35)39-29(33-34)22-8-6-5-7-9-22/h10-13,16-18,22,31H,4-9,14-15H2,1-3H3. The van der Waals surface area contributed by atoms with Crippen LogP contribution < -0.4 is 14.2 Å². The maximum absolute atomic E-state index is 12.9. The summed E-state index contributed by atoms with van der Waals surface area (Å²) in [5.41, 5.74) is 3.32. The SMILES string of the molecule is CCOc1cc(C=C2C(=N)N3N=C(C4CCCCC4)SC3=NC2=O)ccc1OCCOc1ccc(C)c(C)c1. The molecule has 8 nitrogen and oxygen atoms in total. The van der Waals surface area contributed by atoms with Crippen molar-refractivity contribution in [1.82, 2.24) is 5.01 Å². The summed E-state index contributed by atoms with van der Waals surface area (Å²) in [4.78, 5) is 17.1. The predicted octanol–water partition coefficient (Wildman–Crippen LogP) is 6.36. The van der Waals surface area contributed by atoms with Gasteiger partial charge in [-0.25, -0.2) is 0 Å². The van der Waals surface area contributed by atoms with Gasteiger partial charge in [0.25, 0.3) is 5.91 Å². The van der Waals surface area contributed by atoms with Crippen LogP contribution >= 0.6 is 11.8 Å². The second-order valence-corrected chi connectivity index (χ2v) is 10.9. The summed E-state index contributed by atoms with van der Waals surface area (Å²) in [6, 6.07) is 11.5. The normalized spacial score (nSPS) is 18.6. The molecule has 0 unspecified atom stereocenters. The first-order valence-corrected chi connectivity index (χ1v) is 14.3. The van der Waals surface area contributed by atoms with Gasteiger partial charge in [0.05, 0.1) is 12.2 Å². The van der Waals surface area contributed by atoms with Gasteiger partial charge in [0.2, 0.25) is 5.17 Å². The van der Waals surface area contributed by atoms with Crippen LogP contribution in [0.5, 0.6) is 17.2 Å². The van der Waals surface area contributed by atoms with Crippen LogP contribution in [0.2, 0.25) is 0 Å². The van der Waals surface area contributed by atoms with E-state index in [1.54, 1.807) is 6.08 Å². The molecule has 1 aliphatic carbocycles. The molecule has 5 rings (SSSR count). The van der Waals surface area contributed by atoms with Crippen molar-refractivity contribution >= 4 is 39.8 Å². The van der Waals surface area contributed by atoms with Crippen molar-refractivity contribution in [2.45, 2.75) is 52.9 Å². The first kappa shape index (κ1) is 27.0. The van der Waals surface area contributed by atoms with Gasteiger partial charge in [-0.3, -0.25) is 10.2 Å². The Kier molecular flexibility index (Phi) is 8.35. The number of amides is 1. The average molecular weight is 547 g/mol. The number of fused-ring (bicyclic) bond motifs is 1. The molecule has 2 aliphatic heterocycles. The molecule has 2 aromatic rings. The zero-order valence-corrected chi connectivity index (χ0v) is 23.5. The number of aryl methyl sites for hydroxylation is 2. The zero-order valence-electron chi connectivity index (χ0n) is 22.7. The molecule has 1 saturated carbocycles. The van der Waals surface area contributed by atoms with Crippen LogP contribution in [0, 0.1) is 25.2 Å². The van der Waals surface area contributed by atoms with Gasteiger partial charge < -0.3 is 14.2 Å². The lowest BCUT2D eigenvalue weighted by molar-refractivity contribution is -0.114. The van der Waals surface area contributed by atoms with E-state index < -0.39 is 5.91 Å². The quantitative estimate of drug-likeness (QED) is 0.290. The minimum atomic E-state index is -0.430. The number of rotatable bonds is 9. The van der Waals surface area contributed by atoms with Crippen molar-refractivity contribution in [3.05, 3.63) is 58.7 Å². The number of hydrogen-bond donors (Lipinski definition) is 1. The van der Waals surface area contributed by atoms with E-state index >= 15 is 0 Å². The molecule has 39 heavy (non-hydrogen) atoms. The number of aliphatic imine (C=N–C) groups is 1. The van der Waals surface area contributed by atoms with Crippen LogP contribution in [0.15, 0.2) is 52.1 Å². The molecule has 3 aliphatic rings. The number of ether oxygens (including phenoxy) is 3. The Balaban J connectivity index is 1.27. The summed E-state index contributed by atoms with van der Waals surface area (Å²) in [6.07, 6.45) is 7.51. The van der Waals surface area contributed by atoms with Crippen LogP contribution in [0.25, 0.3) is 6.08 Å². The smallest absolute Gasteiger partial charge is 0.283 e. The highest BCUT2D eigenvalue weighted by molar-refractivity contribution is 8.27. The van der Waals surface area contributed by atoms with Crippen molar-refractivity contribution in [2.75, 3.05) is 19.8 Å². The van der Waals surface area contributed by atoms with Crippen molar-refractivity contribution in [1.29, 1.82) is 5.41 Å². The van der Waals surface area contributed by atoms with E-state index in [1.165, 1.54) is 47.2 Å². The molecular weight excluding hydrogens is 512 g/mol. The Bertz CT molecular complexity index is 1360. The Hall–Kier alpha value is -3.59. The fourth-order valence-electron chi connectivity index (χ4n) is 4.80. The van der Waals surface area contributed by atoms with E-state index in [0.29, 0.717) is 48.0 Å². The lowest BCUT2D eigenvalue weighted by Gasteiger charge is -2.20. The molecule has 0 saturated heterocycles. The molecule has 2 heterocycles. The number of hydrogen-bond acceptors (Lipinski definition) is 7. The highest BCUT2D eigenvalue weighted by Gasteiger charge is 2.38. The third kappa shape index (κ3) is 6.19. The van der Waals surface area contributed by atoms with E-state index in [4.69, 9.17) is 19.6 Å². The number of thioether (sulfide) groups is 1. The third-order valence-electron chi connectivity index (χ3n) is 7.09. The lowest BCUT2D eigenvalue weighted by atomic mass is 9.90. The van der Waals surface area contributed by atoms with E-state index in [0.717, 1.165) is 23.6 Å². The Morgan fingerprint density at radius 1 is 1.00 bits per heavy atom. The topological polar surface area (TPSA) is 96.6 Å². The summed E-state index contributed by atoms with van der Waals surface area (Å²) in [5.74, 6) is 1.97. The highest BCUT2D eigenvalue weighted by atomic mass is 32.2. The van der Waals surface area contributed by atoms with Crippen molar-refractivity contribution in [3.63, 3.8) is 0 Å². The molecule has 1 fully saturated rings. The number of hydrazone groups is 1. The van der Waals surface area contributed by atoms with E-state index in [1.807, 2.05) is 43.3 Å². The third-order valence-corrected chi connectivity index (χ3v) is 8.16. The Morgan fingerprint density at radius 2 is 1.79 bits per heavy atom. The van der Waals surface area contributed by atoms with E-state index in [2.05, 4.69) is 23.9 Å². The van der Waals surface area contributed by atoms with Gasteiger partial charge in [-0.05, 0) is 92.4 Å². The lowest BCUT2D eigenvalue weighted by Crippen LogP contribution is -2.35. The maximum atomic E-state index is 12.9. The fourth-order valence-corrected chi connectivity index (χ4v) is 5.86. The molecule has 1 N–H and O–H groups in total. The van der Waals surface area contributed by atoms with E-state index in [-0.39, 0.29) is 11.4 Å². The predicted molar refractivity (Wildman–Crippen MR) is 156 cm³/mol. The molecule has 204 valence electrons. The van der Waals surface area contributed by atoms with Crippen LogP contribution in [0.1, 0.15) is 55.7 Å². The first-order chi connectivity index (χ1) is 18.9. The van der Waals surface area contributed by atoms with Gasteiger partial charge in [-0.15, -0.1) is 0 Å². The molecule has 0 radical (unpaired) electrons. The van der Waals surface area contributed by atoms with Crippen LogP contribution in [-0.2, 0) is 4.79 Å². The summed E-state index contributed by atoms with van der Waals surface area (Å²) >= 11 is 1.43. The number of nitrogens with one attached hydrogen (secondary N) is 1. The molecule has 2 aromatic carbocycles. The van der Waals surface area contributed by atoms with Gasteiger partial charge in [0, 0.05) is 5.92 Å². The monoisotopic (exact) mass is 546 g/mol. The van der Waals surface area contributed by atoms with Gasteiger partial charge in [0.1, 0.15) is 24.0 Å². The summed E-state index contributed by atoms with van der Waals surface area (Å²) in [7, 11) is 0. The van der Waals surface area contributed by atoms with Crippen molar-refractivity contribution in [2.24, 2.45) is 16.0 Å². The van der Waals surface area contributed by atoms with Gasteiger partial charge >= 0.3 is 0 Å². The molecule has 0 spiro atoms. The highest BCUT2D eigenvalue weighted by Crippen LogP contribution is 2.36. The van der Waals surface area contributed by atoms with Crippen molar-refractivity contribution in [3.8, 4) is 17.2 Å². The Labute approximate surface area is 233 Å². The number of carbonyl (C=O) groups is 1. The number of carbonyl (C=O) groups excluding carboxylic acids is 1. The number of amidine groups is 2. The van der Waals surface area contributed by atoms with Crippen molar-refractivity contribution < 1.29 is 19.0 Å². The van der Waals surface area contributed by atoms with Gasteiger partial charge in [0.15, 0.2) is 17.3 Å². The molecule has 1 amide bonds. The minimum absolute atomic E-state index is 0.0464. The molecular formula is C30H34N4O4S. The second-order valence-electron chi connectivity index (χ2n) is 9.88. The summed E-state index contributed by atoms with van der Waals surface area (Å²) in [6.45, 7) is 7.24. The zero-order chi connectivity index (χ0) is 27.4. The van der Waals surface area contributed by atoms with E-state index in [9.17, 15) is 4.79 Å². The summed E-state index contributed by atoms with van der Waals surface area (Å²) in [5, 5.41) is 16.3. The fraction of sp³-hybridized carbons (Fsp3) is 0.400. The van der Waals surface area contributed by atoms with Gasteiger partial charge in [-0.1, -0.05) is 31.4 Å².